The number of alkyl halides is 6. The lowest BCUT2D eigenvalue weighted by Gasteiger charge is -2.27. The standard InChI is InChI=1S/C20H15F6N3O/c21-19(22,23)14-3-1-2-12(8-14)17-5-4-15(30-17)11-29-7-6-16-13(10-29)9-27-18(28-16)20(24,25)26/h1-5,8-9H,6-7,10-11H2. The first-order chi connectivity index (χ1) is 14.1. The topological polar surface area (TPSA) is 42.2 Å². The van der Waals surface area contributed by atoms with Crippen LogP contribution in [0.2, 0.25) is 0 Å². The third kappa shape index (κ3) is 4.33. The normalized spacial score (nSPS) is 15.3. The van der Waals surface area contributed by atoms with Gasteiger partial charge in [0, 0.05) is 36.8 Å². The van der Waals surface area contributed by atoms with E-state index in [0.29, 0.717) is 54.4 Å². The number of furan rings is 1. The van der Waals surface area contributed by atoms with E-state index >= 15 is 0 Å². The van der Waals surface area contributed by atoms with Crippen LogP contribution in [0.15, 0.2) is 47.0 Å². The number of rotatable bonds is 3. The summed E-state index contributed by atoms with van der Waals surface area (Å²) in [5, 5.41) is 0. The minimum Gasteiger partial charge on any atom is -0.460 e. The molecule has 0 amide bonds. The van der Waals surface area contributed by atoms with E-state index in [9.17, 15) is 26.3 Å². The molecule has 0 unspecified atom stereocenters. The maximum atomic E-state index is 12.9. The lowest BCUT2D eigenvalue weighted by Crippen LogP contribution is -2.31. The molecule has 4 rings (SSSR count). The number of fused-ring (bicyclic) bond motifs is 1. The Morgan fingerprint density at radius 3 is 2.53 bits per heavy atom. The molecule has 10 heteroatoms. The Morgan fingerprint density at radius 1 is 1.00 bits per heavy atom. The lowest BCUT2D eigenvalue weighted by atomic mass is 10.1. The molecule has 158 valence electrons. The third-order valence-electron chi connectivity index (χ3n) is 4.78. The number of halogens is 6. The van der Waals surface area contributed by atoms with Crippen LogP contribution in [-0.4, -0.2) is 21.4 Å². The molecule has 3 aromatic rings. The van der Waals surface area contributed by atoms with Crippen molar-refractivity contribution in [2.24, 2.45) is 0 Å². The van der Waals surface area contributed by atoms with Crippen molar-refractivity contribution in [2.45, 2.75) is 31.9 Å². The molecule has 1 aliphatic rings. The molecular weight excluding hydrogens is 412 g/mol. The summed E-state index contributed by atoms with van der Waals surface area (Å²) < 4.78 is 82.6. The van der Waals surface area contributed by atoms with E-state index in [2.05, 4.69) is 9.97 Å². The van der Waals surface area contributed by atoms with Crippen LogP contribution in [-0.2, 0) is 31.9 Å². The summed E-state index contributed by atoms with van der Waals surface area (Å²) in [4.78, 5) is 8.97. The molecule has 0 spiro atoms. The summed E-state index contributed by atoms with van der Waals surface area (Å²) in [6, 6.07) is 8.14. The summed E-state index contributed by atoms with van der Waals surface area (Å²) in [6.07, 6.45) is -7.50. The second kappa shape index (κ2) is 7.42. The minimum absolute atomic E-state index is 0.312. The molecule has 0 bridgehead atoms. The van der Waals surface area contributed by atoms with Gasteiger partial charge in [0.05, 0.1) is 17.8 Å². The Hall–Kier alpha value is -2.88. The van der Waals surface area contributed by atoms with E-state index in [0.717, 1.165) is 12.1 Å². The quantitative estimate of drug-likeness (QED) is 0.530. The molecular formula is C20H15F6N3O. The highest BCUT2D eigenvalue weighted by atomic mass is 19.4. The van der Waals surface area contributed by atoms with Crippen molar-refractivity contribution in [1.29, 1.82) is 0 Å². The van der Waals surface area contributed by atoms with Crippen molar-refractivity contribution in [3.63, 3.8) is 0 Å². The Bertz CT molecular complexity index is 1060. The van der Waals surface area contributed by atoms with Crippen molar-refractivity contribution in [3.05, 3.63) is 71.0 Å². The summed E-state index contributed by atoms with van der Waals surface area (Å²) in [5.74, 6) is -0.295. The van der Waals surface area contributed by atoms with Crippen molar-refractivity contribution in [3.8, 4) is 11.3 Å². The van der Waals surface area contributed by atoms with Crippen LogP contribution < -0.4 is 0 Å². The van der Waals surface area contributed by atoms with E-state index in [1.165, 1.54) is 18.3 Å². The fourth-order valence-electron chi connectivity index (χ4n) is 3.33. The third-order valence-corrected chi connectivity index (χ3v) is 4.78. The van der Waals surface area contributed by atoms with Gasteiger partial charge in [0.2, 0.25) is 5.82 Å². The number of hydrogen-bond donors (Lipinski definition) is 0. The van der Waals surface area contributed by atoms with Crippen LogP contribution >= 0.6 is 0 Å². The Balaban J connectivity index is 1.46. The number of hydrogen-bond acceptors (Lipinski definition) is 4. The van der Waals surface area contributed by atoms with Gasteiger partial charge in [-0.1, -0.05) is 12.1 Å². The van der Waals surface area contributed by atoms with Crippen molar-refractivity contribution in [1.82, 2.24) is 14.9 Å². The lowest BCUT2D eigenvalue weighted by molar-refractivity contribution is -0.145. The smallest absolute Gasteiger partial charge is 0.451 e. The molecule has 2 aromatic heterocycles. The van der Waals surface area contributed by atoms with Crippen LogP contribution in [0, 0.1) is 0 Å². The zero-order chi connectivity index (χ0) is 21.5. The van der Waals surface area contributed by atoms with E-state index in [1.54, 1.807) is 12.1 Å². The van der Waals surface area contributed by atoms with Gasteiger partial charge in [-0.25, -0.2) is 9.97 Å². The van der Waals surface area contributed by atoms with E-state index in [-0.39, 0.29) is 0 Å². The molecule has 0 radical (unpaired) electrons. The Labute approximate surface area is 167 Å². The number of aromatic nitrogens is 2. The molecule has 0 saturated heterocycles. The zero-order valence-corrected chi connectivity index (χ0v) is 15.4. The zero-order valence-electron chi connectivity index (χ0n) is 15.4. The average Bonchev–Trinajstić information content (AvgIpc) is 3.15. The summed E-state index contributed by atoms with van der Waals surface area (Å²) in [7, 11) is 0. The highest BCUT2D eigenvalue weighted by Crippen LogP contribution is 2.33. The predicted octanol–water partition coefficient (Wildman–Crippen LogP) is 5.33. The van der Waals surface area contributed by atoms with Crippen molar-refractivity contribution >= 4 is 0 Å². The summed E-state index contributed by atoms with van der Waals surface area (Å²) in [5.41, 5.74) is 0.536. The predicted molar refractivity (Wildman–Crippen MR) is 94.0 cm³/mol. The first kappa shape index (κ1) is 20.4. The highest BCUT2D eigenvalue weighted by molar-refractivity contribution is 5.58. The molecule has 30 heavy (non-hydrogen) atoms. The minimum atomic E-state index is -4.58. The van der Waals surface area contributed by atoms with E-state index < -0.39 is 23.7 Å². The fraction of sp³-hybridized carbons (Fsp3) is 0.300. The maximum Gasteiger partial charge on any atom is 0.451 e. The van der Waals surface area contributed by atoms with Gasteiger partial charge in [-0.3, -0.25) is 4.90 Å². The monoisotopic (exact) mass is 427 g/mol. The molecule has 0 saturated carbocycles. The molecule has 0 aliphatic carbocycles. The molecule has 0 N–H and O–H groups in total. The van der Waals surface area contributed by atoms with Gasteiger partial charge in [-0.15, -0.1) is 0 Å². The van der Waals surface area contributed by atoms with Gasteiger partial charge in [0.25, 0.3) is 0 Å². The van der Waals surface area contributed by atoms with Gasteiger partial charge in [0.1, 0.15) is 11.5 Å². The SMILES string of the molecule is FC(F)(F)c1cccc(-c2ccc(CN3CCc4nc(C(F)(F)F)ncc4C3)o2)c1. The second-order valence-corrected chi connectivity index (χ2v) is 6.97. The molecule has 0 atom stereocenters. The number of nitrogens with zero attached hydrogens (tertiary/aromatic N) is 3. The molecule has 0 fully saturated rings. The summed E-state index contributed by atoms with van der Waals surface area (Å²) >= 11 is 0. The average molecular weight is 427 g/mol. The first-order valence-corrected chi connectivity index (χ1v) is 9.00. The largest absolute Gasteiger partial charge is 0.460 e. The first-order valence-electron chi connectivity index (χ1n) is 9.00. The Morgan fingerprint density at radius 2 is 1.80 bits per heavy atom. The highest BCUT2D eigenvalue weighted by Gasteiger charge is 2.35. The molecule has 4 nitrogen and oxygen atoms in total. The van der Waals surface area contributed by atoms with Gasteiger partial charge >= 0.3 is 12.4 Å². The van der Waals surface area contributed by atoms with Gasteiger partial charge in [-0.05, 0) is 24.3 Å². The van der Waals surface area contributed by atoms with Gasteiger partial charge < -0.3 is 4.42 Å². The van der Waals surface area contributed by atoms with Crippen LogP contribution in [0.3, 0.4) is 0 Å². The fourth-order valence-corrected chi connectivity index (χ4v) is 3.33. The van der Waals surface area contributed by atoms with Crippen LogP contribution in [0.5, 0.6) is 0 Å². The van der Waals surface area contributed by atoms with Crippen molar-refractivity contribution < 1.29 is 30.8 Å². The van der Waals surface area contributed by atoms with Crippen LogP contribution in [0.25, 0.3) is 11.3 Å². The van der Waals surface area contributed by atoms with Crippen LogP contribution in [0.4, 0.5) is 26.3 Å². The van der Waals surface area contributed by atoms with Gasteiger partial charge in [-0.2, -0.15) is 26.3 Å². The molecule has 1 aliphatic heterocycles. The molecule has 1 aromatic carbocycles. The Kier molecular flexibility index (Phi) is 5.05. The maximum absolute atomic E-state index is 12.9. The number of benzene rings is 1. The second-order valence-electron chi connectivity index (χ2n) is 6.97. The van der Waals surface area contributed by atoms with Gasteiger partial charge in [0.15, 0.2) is 0 Å². The van der Waals surface area contributed by atoms with Crippen molar-refractivity contribution in [2.75, 3.05) is 6.54 Å². The summed E-state index contributed by atoms with van der Waals surface area (Å²) in [6.45, 7) is 1.19. The van der Waals surface area contributed by atoms with Crippen LogP contribution in [0.1, 0.15) is 28.4 Å². The molecule has 3 heterocycles. The van der Waals surface area contributed by atoms with E-state index in [4.69, 9.17) is 4.42 Å². The van der Waals surface area contributed by atoms with E-state index in [1.807, 2.05) is 4.90 Å².